The van der Waals surface area contributed by atoms with Crippen molar-refractivity contribution in [2.45, 2.75) is 6.92 Å². The van der Waals surface area contributed by atoms with Crippen LogP contribution in [-0.2, 0) is 14.3 Å². The molecule has 7 heteroatoms. The molecule has 2 aromatic rings. The summed E-state index contributed by atoms with van der Waals surface area (Å²) < 4.78 is 12.1. The Hall–Kier alpha value is -2.02. The lowest BCUT2D eigenvalue weighted by Crippen LogP contribution is -2.42. The summed E-state index contributed by atoms with van der Waals surface area (Å²) >= 11 is 6.02. The molecule has 0 bridgehead atoms. The number of hydrogen-bond donors (Lipinski definition) is 0. The predicted molar refractivity (Wildman–Crippen MR) is 85.5 cm³/mol. The molecule has 120 valence electrons. The minimum absolute atomic E-state index is 0.123. The second-order valence-corrected chi connectivity index (χ2v) is 6.07. The van der Waals surface area contributed by atoms with E-state index >= 15 is 0 Å². The lowest BCUT2D eigenvalue weighted by Gasteiger charge is -2.32. The van der Waals surface area contributed by atoms with Gasteiger partial charge in [0, 0.05) is 5.02 Å². The van der Waals surface area contributed by atoms with Crippen LogP contribution in [-0.4, -0.2) is 40.6 Å². The summed E-state index contributed by atoms with van der Waals surface area (Å²) in [5, 5.41) is 4.68. The van der Waals surface area contributed by atoms with E-state index in [0.29, 0.717) is 23.9 Å². The van der Waals surface area contributed by atoms with Crippen LogP contribution in [0.3, 0.4) is 0 Å². The van der Waals surface area contributed by atoms with Crippen LogP contribution in [0.5, 0.6) is 0 Å². The lowest BCUT2D eigenvalue weighted by molar-refractivity contribution is -0.168. The van der Waals surface area contributed by atoms with Gasteiger partial charge < -0.3 is 9.47 Å². The van der Waals surface area contributed by atoms with Crippen molar-refractivity contribution in [2.24, 2.45) is 5.41 Å². The maximum atomic E-state index is 13.1. The number of benzene rings is 1. The van der Waals surface area contributed by atoms with E-state index in [0.717, 1.165) is 5.56 Å². The largest absolute Gasteiger partial charge is 0.354 e. The van der Waals surface area contributed by atoms with Gasteiger partial charge in [0.25, 0.3) is 0 Å². The van der Waals surface area contributed by atoms with Gasteiger partial charge in [-0.3, -0.25) is 4.79 Å². The molecule has 6 nitrogen and oxygen atoms in total. The van der Waals surface area contributed by atoms with Gasteiger partial charge in [-0.05, 0) is 30.7 Å². The molecule has 3 rings (SSSR count). The summed E-state index contributed by atoms with van der Waals surface area (Å²) in [6, 6.07) is 7.25. The maximum Gasteiger partial charge on any atom is 0.191 e. The van der Waals surface area contributed by atoms with E-state index in [4.69, 9.17) is 21.1 Å². The normalized spacial score (nSPS) is 17.9. The highest BCUT2D eigenvalue weighted by atomic mass is 35.5. The van der Waals surface area contributed by atoms with Gasteiger partial charge in [-0.1, -0.05) is 23.7 Å². The second-order valence-electron chi connectivity index (χ2n) is 5.63. The highest BCUT2D eigenvalue weighted by Gasteiger charge is 2.39. The van der Waals surface area contributed by atoms with E-state index in [1.165, 1.54) is 17.3 Å². The highest BCUT2D eigenvalue weighted by Crippen LogP contribution is 2.29. The van der Waals surface area contributed by atoms with Gasteiger partial charge in [0.05, 0.1) is 18.6 Å². The van der Waals surface area contributed by atoms with E-state index in [1.807, 2.05) is 19.1 Å². The Kier molecular flexibility index (Phi) is 4.56. The van der Waals surface area contributed by atoms with Gasteiger partial charge in [-0.25, -0.2) is 9.67 Å². The zero-order valence-electron chi connectivity index (χ0n) is 12.6. The summed E-state index contributed by atoms with van der Waals surface area (Å²) in [6.45, 7) is 2.62. The number of Topliss-reactive ketones (excluding diaryl/α,β-unsaturated/α-hetero) is 1. The molecule has 0 atom stereocenters. The Morgan fingerprint density at radius 2 is 2.17 bits per heavy atom. The summed E-state index contributed by atoms with van der Waals surface area (Å²) in [6.07, 6.45) is 4.61. The molecule has 0 spiro atoms. The molecule has 1 aliphatic heterocycles. The van der Waals surface area contributed by atoms with Crippen LogP contribution in [0.2, 0.25) is 5.02 Å². The van der Waals surface area contributed by atoms with Crippen molar-refractivity contribution in [3.05, 3.63) is 47.5 Å². The Morgan fingerprint density at radius 1 is 1.39 bits per heavy atom. The average molecular weight is 334 g/mol. The van der Waals surface area contributed by atoms with Gasteiger partial charge in [0.2, 0.25) is 0 Å². The fraction of sp³-hybridized carbons (Fsp3) is 0.312. The van der Waals surface area contributed by atoms with Gasteiger partial charge in [-0.2, -0.15) is 5.10 Å². The summed E-state index contributed by atoms with van der Waals surface area (Å²) in [7, 11) is 0. The van der Waals surface area contributed by atoms with Gasteiger partial charge in [-0.15, -0.1) is 0 Å². The Labute approximate surface area is 138 Å². The molecule has 1 aromatic heterocycles. The van der Waals surface area contributed by atoms with Crippen molar-refractivity contribution in [1.82, 2.24) is 14.8 Å². The predicted octanol–water partition coefficient (Wildman–Crippen LogP) is 2.51. The highest BCUT2D eigenvalue weighted by molar-refractivity contribution is 6.30. The van der Waals surface area contributed by atoms with Crippen LogP contribution in [0.1, 0.15) is 12.5 Å². The number of allylic oxidation sites excluding steroid dienone is 1. The third-order valence-electron chi connectivity index (χ3n) is 3.61. The summed E-state index contributed by atoms with van der Waals surface area (Å²) in [5.74, 6) is -0.123. The Bertz CT molecular complexity index is 722. The second kappa shape index (κ2) is 6.62. The maximum absolute atomic E-state index is 13.1. The molecule has 1 aromatic carbocycles. The number of ketones is 1. The molecule has 2 heterocycles. The van der Waals surface area contributed by atoms with Crippen molar-refractivity contribution in [3.8, 4) is 0 Å². The Balaban J connectivity index is 2.01. The van der Waals surface area contributed by atoms with Crippen LogP contribution in [0.25, 0.3) is 11.8 Å². The number of carbonyl (C=O) groups excluding carboxylic acids is 1. The van der Waals surface area contributed by atoms with E-state index in [9.17, 15) is 4.79 Å². The quantitative estimate of drug-likeness (QED) is 0.804. The van der Waals surface area contributed by atoms with Crippen molar-refractivity contribution < 1.29 is 14.3 Å². The fourth-order valence-corrected chi connectivity index (χ4v) is 2.60. The molecule has 0 radical (unpaired) electrons. The van der Waals surface area contributed by atoms with Crippen LogP contribution in [0.15, 0.2) is 36.9 Å². The van der Waals surface area contributed by atoms with Crippen molar-refractivity contribution >= 4 is 29.2 Å². The molecule has 0 N–H and O–H groups in total. The summed E-state index contributed by atoms with van der Waals surface area (Å²) in [4.78, 5) is 17.0. The van der Waals surface area contributed by atoms with Crippen LogP contribution >= 0.6 is 11.6 Å². The van der Waals surface area contributed by atoms with E-state index in [2.05, 4.69) is 10.1 Å². The number of carbonyl (C=O) groups is 1. The lowest BCUT2D eigenvalue weighted by atomic mass is 9.85. The molecule has 0 amide bonds. The van der Waals surface area contributed by atoms with E-state index in [-0.39, 0.29) is 12.6 Å². The number of halogens is 1. The number of aromatic nitrogens is 3. The topological polar surface area (TPSA) is 66.2 Å². The molecule has 0 aliphatic carbocycles. The average Bonchev–Trinajstić information content (AvgIpc) is 3.07. The van der Waals surface area contributed by atoms with E-state index < -0.39 is 5.41 Å². The molecule has 1 fully saturated rings. The fourth-order valence-electron chi connectivity index (χ4n) is 2.40. The van der Waals surface area contributed by atoms with Crippen LogP contribution < -0.4 is 0 Å². The number of hydrogen-bond acceptors (Lipinski definition) is 5. The van der Waals surface area contributed by atoms with Gasteiger partial charge in [0.15, 0.2) is 5.78 Å². The minimum atomic E-state index is -0.769. The van der Waals surface area contributed by atoms with Gasteiger partial charge in [0.1, 0.15) is 25.1 Å². The molecular weight excluding hydrogens is 318 g/mol. The molecule has 1 aliphatic rings. The number of ether oxygens (including phenoxy) is 2. The third kappa shape index (κ3) is 3.50. The van der Waals surface area contributed by atoms with Crippen molar-refractivity contribution in [2.75, 3.05) is 20.0 Å². The number of nitrogens with zero attached hydrogens (tertiary/aromatic N) is 3. The first-order chi connectivity index (χ1) is 11.1. The van der Waals surface area contributed by atoms with Crippen LogP contribution in [0.4, 0.5) is 0 Å². The molecule has 1 saturated heterocycles. The van der Waals surface area contributed by atoms with Crippen molar-refractivity contribution in [3.63, 3.8) is 0 Å². The Morgan fingerprint density at radius 3 is 2.83 bits per heavy atom. The van der Waals surface area contributed by atoms with Gasteiger partial charge >= 0.3 is 0 Å². The molecule has 0 saturated carbocycles. The standard InChI is InChI=1S/C16H16ClN3O3/c1-16(7-22-11-23-8-16)15(21)14(20-10-18-9-19-20)6-12-3-2-4-13(17)5-12/h2-6,9-10H,7-8,11H2,1H3. The summed E-state index contributed by atoms with van der Waals surface area (Å²) in [5.41, 5.74) is 0.424. The first kappa shape index (κ1) is 15.9. The zero-order chi connectivity index (χ0) is 16.3. The van der Waals surface area contributed by atoms with Crippen LogP contribution in [0, 0.1) is 5.41 Å². The monoisotopic (exact) mass is 333 g/mol. The minimum Gasteiger partial charge on any atom is -0.354 e. The smallest absolute Gasteiger partial charge is 0.191 e. The molecular formula is C16H16ClN3O3. The van der Waals surface area contributed by atoms with E-state index in [1.54, 1.807) is 18.2 Å². The van der Waals surface area contributed by atoms with Crippen molar-refractivity contribution in [1.29, 1.82) is 0 Å². The SMILES string of the molecule is CC1(C(=O)C(=Cc2cccc(Cl)c2)n2cncn2)COCOC1. The first-order valence-electron chi connectivity index (χ1n) is 7.11. The first-order valence-corrected chi connectivity index (χ1v) is 7.49. The molecule has 23 heavy (non-hydrogen) atoms. The molecule has 0 unspecified atom stereocenters. The third-order valence-corrected chi connectivity index (χ3v) is 3.84. The number of rotatable bonds is 4. The zero-order valence-corrected chi connectivity index (χ0v) is 13.4.